The molecule has 2 aliphatic rings. The third-order valence-corrected chi connectivity index (χ3v) is 7.37. The van der Waals surface area contributed by atoms with Crippen molar-refractivity contribution in [1.82, 2.24) is 10.2 Å². The predicted molar refractivity (Wildman–Crippen MR) is 130 cm³/mol. The van der Waals surface area contributed by atoms with Gasteiger partial charge in [-0.15, -0.1) is 0 Å². The van der Waals surface area contributed by atoms with Crippen molar-refractivity contribution in [2.45, 2.75) is 45.4 Å². The summed E-state index contributed by atoms with van der Waals surface area (Å²) >= 11 is 0. The van der Waals surface area contributed by atoms with Crippen LogP contribution in [0.3, 0.4) is 0 Å². The van der Waals surface area contributed by atoms with Gasteiger partial charge in [0.05, 0.1) is 5.41 Å². The lowest BCUT2D eigenvalue weighted by Crippen LogP contribution is -2.46. The van der Waals surface area contributed by atoms with Gasteiger partial charge in [-0.25, -0.2) is 4.39 Å². The average Bonchev–Trinajstić information content (AvgIpc) is 2.83. The molecule has 0 radical (unpaired) electrons. The summed E-state index contributed by atoms with van der Waals surface area (Å²) in [6.45, 7) is 7.69. The van der Waals surface area contributed by atoms with Crippen molar-refractivity contribution in [3.05, 3.63) is 59.9 Å². The number of ether oxygens (including phenoxy) is 1. The molecule has 0 aliphatic carbocycles. The summed E-state index contributed by atoms with van der Waals surface area (Å²) in [6.07, 6.45) is 5.69. The van der Waals surface area contributed by atoms with Crippen LogP contribution in [-0.2, 0) is 16.0 Å². The lowest BCUT2D eigenvalue weighted by molar-refractivity contribution is -0.136. The van der Waals surface area contributed by atoms with E-state index in [4.69, 9.17) is 4.74 Å². The topological polar surface area (TPSA) is 41.6 Å². The fourth-order valence-electron chi connectivity index (χ4n) is 5.14. The van der Waals surface area contributed by atoms with Crippen LogP contribution in [0.4, 0.5) is 4.39 Å². The largest absolute Gasteiger partial charge is 0.381 e. The predicted octanol–water partition coefficient (Wildman–Crippen LogP) is 5.07. The number of amides is 1. The number of carbonyl (C=O) groups is 1. The zero-order valence-electron chi connectivity index (χ0n) is 19.8. The number of halogens is 1. The van der Waals surface area contributed by atoms with Crippen LogP contribution in [0.1, 0.15) is 44.6 Å². The van der Waals surface area contributed by atoms with Gasteiger partial charge in [-0.1, -0.05) is 43.3 Å². The number of piperidine rings is 1. The van der Waals surface area contributed by atoms with Gasteiger partial charge in [0.1, 0.15) is 5.82 Å². The maximum Gasteiger partial charge on any atom is 0.226 e. The highest BCUT2D eigenvalue weighted by Crippen LogP contribution is 2.36. The Labute approximate surface area is 197 Å². The monoisotopic (exact) mass is 452 g/mol. The van der Waals surface area contributed by atoms with Gasteiger partial charge in [0.25, 0.3) is 0 Å². The molecule has 178 valence electrons. The molecule has 5 heteroatoms. The van der Waals surface area contributed by atoms with Gasteiger partial charge in [-0.2, -0.15) is 0 Å². The van der Waals surface area contributed by atoms with Crippen molar-refractivity contribution >= 4 is 5.91 Å². The minimum absolute atomic E-state index is 0.147. The minimum Gasteiger partial charge on any atom is -0.381 e. The van der Waals surface area contributed by atoms with Crippen molar-refractivity contribution in [2.24, 2.45) is 11.3 Å². The molecular formula is C28H37FN2O2. The van der Waals surface area contributed by atoms with Gasteiger partial charge in [-0.05, 0) is 92.9 Å². The lowest BCUT2D eigenvalue weighted by atomic mass is 9.74. The first-order chi connectivity index (χ1) is 16.0. The van der Waals surface area contributed by atoms with E-state index in [9.17, 15) is 9.18 Å². The Bertz CT molecular complexity index is 918. The van der Waals surface area contributed by atoms with Gasteiger partial charge >= 0.3 is 0 Å². The average molecular weight is 453 g/mol. The summed E-state index contributed by atoms with van der Waals surface area (Å²) in [5.41, 5.74) is 2.50. The highest BCUT2D eigenvalue weighted by atomic mass is 19.1. The van der Waals surface area contributed by atoms with E-state index in [1.165, 1.54) is 32.0 Å². The number of hydrogen-bond donors (Lipinski definition) is 1. The summed E-state index contributed by atoms with van der Waals surface area (Å²) in [5, 5.41) is 3.24. The van der Waals surface area contributed by atoms with E-state index in [-0.39, 0.29) is 11.7 Å². The molecule has 2 aliphatic heterocycles. The first-order valence-corrected chi connectivity index (χ1v) is 12.5. The molecule has 1 amide bonds. The van der Waals surface area contributed by atoms with Gasteiger partial charge in [-0.3, -0.25) is 4.79 Å². The van der Waals surface area contributed by atoms with Crippen LogP contribution in [-0.4, -0.2) is 50.2 Å². The molecule has 1 N–H and O–H groups in total. The molecule has 2 aromatic carbocycles. The highest BCUT2D eigenvalue weighted by Gasteiger charge is 2.40. The Hall–Kier alpha value is -2.24. The van der Waals surface area contributed by atoms with Crippen LogP contribution < -0.4 is 5.32 Å². The summed E-state index contributed by atoms with van der Waals surface area (Å²) in [4.78, 5) is 15.9. The molecule has 0 spiro atoms. The molecule has 0 atom stereocenters. The molecule has 33 heavy (non-hydrogen) atoms. The van der Waals surface area contributed by atoms with Crippen molar-refractivity contribution < 1.29 is 13.9 Å². The van der Waals surface area contributed by atoms with Crippen LogP contribution in [0.15, 0.2) is 48.5 Å². The number of nitrogens with zero attached hydrogens (tertiary/aromatic N) is 1. The maximum atomic E-state index is 13.7. The van der Waals surface area contributed by atoms with Gasteiger partial charge in [0.15, 0.2) is 0 Å². The SMILES string of the molecule is CC1CCN(CCCNC(=O)C2(Cc3cccc(-c4cccc(F)c4)c3)CCOCC2)CC1. The normalized spacial score (nSPS) is 19.3. The smallest absolute Gasteiger partial charge is 0.226 e. The third kappa shape index (κ3) is 6.42. The third-order valence-electron chi connectivity index (χ3n) is 7.37. The first-order valence-electron chi connectivity index (χ1n) is 12.5. The van der Waals surface area contributed by atoms with E-state index in [1.54, 1.807) is 12.1 Å². The zero-order chi connectivity index (χ0) is 23.1. The maximum absolute atomic E-state index is 13.7. The van der Waals surface area contributed by atoms with Crippen LogP contribution in [0.5, 0.6) is 0 Å². The summed E-state index contributed by atoms with van der Waals surface area (Å²) < 4.78 is 19.3. The molecule has 4 nitrogen and oxygen atoms in total. The number of nitrogens with one attached hydrogen (secondary N) is 1. The molecule has 0 bridgehead atoms. The van der Waals surface area contributed by atoms with Crippen molar-refractivity contribution in [3.8, 4) is 11.1 Å². The van der Waals surface area contributed by atoms with E-state index in [1.807, 2.05) is 18.2 Å². The van der Waals surface area contributed by atoms with Crippen LogP contribution in [0.2, 0.25) is 0 Å². The molecule has 4 rings (SSSR count). The Balaban J connectivity index is 1.38. The standard InChI is InChI=1S/C28H37FN2O2/c1-22-9-15-31(16-10-22)14-4-13-30-27(32)28(11-17-33-18-12-28)21-23-5-2-6-24(19-23)25-7-3-8-26(29)20-25/h2-3,5-8,19-20,22H,4,9-18,21H2,1H3,(H,30,32). The lowest BCUT2D eigenvalue weighted by Gasteiger charge is -2.36. The molecule has 0 aromatic heterocycles. The molecule has 2 fully saturated rings. The second-order valence-corrected chi connectivity index (χ2v) is 9.91. The Kier molecular flexibility index (Phi) is 8.15. The zero-order valence-corrected chi connectivity index (χ0v) is 19.8. The summed E-state index contributed by atoms with van der Waals surface area (Å²) in [6, 6.07) is 14.8. The fraction of sp³-hybridized carbons (Fsp3) is 0.536. The van der Waals surface area contributed by atoms with E-state index in [2.05, 4.69) is 29.3 Å². The molecule has 2 saturated heterocycles. The second-order valence-electron chi connectivity index (χ2n) is 9.91. The van der Waals surface area contributed by atoms with Crippen LogP contribution >= 0.6 is 0 Å². The van der Waals surface area contributed by atoms with E-state index in [0.717, 1.165) is 55.0 Å². The van der Waals surface area contributed by atoms with E-state index >= 15 is 0 Å². The Morgan fingerprint density at radius 2 is 1.79 bits per heavy atom. The van der Waals surface area contributed by atoms with E-state index < -0.39 is 5.41 Å². The number of rotatable bonds is 8. The number of likely N-dealkylation sites (tertiary alicyclic amines) is 1. The molecule has 0 saturated carbocycles. The Morgan fingerprint density at radius 1 is 1.09 bits per heavy atom. The Morgan fingerprint density at radius 3 is 2.52 bits per heavy atom. The van der Waals surface area contributed by atoms with E-state index in [0.29, 0.717) is 19.6 Å². The fourth-order valence-corrected chi connectivity index (χ4v) is 5.14. The minimum atomic E-state index is -0.445. The molecule has 2 heterocycles. The van der Waals surface area contributed by atoms with Crippen molar-refractivity contribution in [2.75, 3.05) is 39.4 Å². The second kappa shape index (κ2) is 11.3. The van der Waals surface area contributed by atoms with Crippen molar-refractivity contribution in [3.63, 3.8) is 0 Å². The number of hydrogen-bond acceptors (Lipinski definition) is 3. The highest BCUT2D eigenvalue weighted by molar-refractivity contribution is 5.83. The number of benzene rings is 2. The van der Waals surface area contributed by atoms with Gasteiger partial charge in [0.2, 0.25) is 5.91 Å². The number of carbonyl (C=O) groups excluding carboxylic acids is 1. The van der Waals surface area contributed by atoms with Gasteiger partial charge < -0.3 is 15.0 Å². The first kappa shape index (κ1) is 23.9. The van der Waals surface area contributed by atoms with Gasteiger partial charge in [0, 0.05) is 19.8 Å². The molecule has 2 aromatic rings. The van der Waals surface area contributed by atoms with Crippen LogP contribution in [0.25, 0.3) is 11.1 Å². The van der Waals surface area contributed by atoms with Crippen LogP contribution in [0, 0.1) is 17.2 Å². The van der Waals surface area contributed by atoms with Crippen molar-refractivity contribution in [1.29, 1.82) is 0 Å². The summed E-state index contributed by atoms with van der Waals surface area (Å²) in [5.74, 6) is 0.750. The quantitative estimate of drug-likeness (QED) is 0.569. The molecular weight excluding hydrogens is 415 g/mol. The summed E-state index contributed by atoms with van der Waals surface area (Å²) in [7, 11) is 0. The molecule has 0 unspecified atom stereocenters.